The zero-order valence-corrected chi connectivity index (χ0v) is 13.9. The molecular formula is C17H29N3O2. The highest BCUT2D eigenvalue weighted by atomic mass is 16.3. The number of aliphatic imine (C=N–C) groups is 1. The van der Waals surface area contributed by atoms with E-state index in [9.17, 15) is 5.11 Å². The minimum Gasteiger partial charge on any atom is -0.464 e. The van der Waals surface area contributed by atoms with E-state index in [1.54, 1.807) is 7.05 Å². The average Bonchev–Trinajstić information content (AvgIpc) is 2.98. The highest BCUT2D eigenvalue weighted by molar-refractivity contribution is 5.80. The van der Waals surface area contributed by atoms with Crippen LogP contribution in [0.15, 0.2) is 21.5 Å². The van der Waals surface area contributed by atoms with E-state index in [0.717, 1.165) is 24.4 Å². The lowest BCUT2D eigenvalue weighted by molar-refractivity contribution is 0.0879. The normalized spacial score (nSPS) is 19.7. The van der Waals surface area contributed by atoms with E-state index in [1.165, 1.54) is 19.3 Å². The Hall–Kier alpha value is -1.49. The maximum Gasteiger partial charge on any atom is 0.191 e. The van der Waals surface area contributed by atoms with Gasteiger partial charge in [-0.3, -0.25) is 4.99 Å². The quantitative estimate of drug-likeness (QED) is 0.578. The molecule has 1 aliphatic carbocycles. The zero-order chi connectivity index (χ0) is 15.9. The van der Waals surface area contributed by atoms with Gasteiger partial charge < -0.3 is 20.2 Å². The van der Waals surface area contributed by atoms with Crippen LogP contribution >= 0.6 is 0 Å². The molecule has 2 atom stereocenters. The molecule has 0 radical (unpaired) electrons. The van der Waals surface area contributed by atoms with Gasteiger partial charge in [-0.15, -0.1) is 0 Å². The molecule has 1 aromatic rings. The number of rotatable bonds is 5. The predicted octanol–water partition coefficient (Wildman–Crippen LogP) is 2.76. The summed E-state index contributed by atoms with van der Waals surface area (Å²) < 4.78 is 5.62. The van der Waals surface area contributed by atoms with Crippen molar-refractivity contribution in [2.75, 3.05) is 13.6 Å². The fourth-order valence-corrected chi connectivity index (χ4v) is 3.04. The lowest BCUT2D eigenvalue weighted by atomic mass is 9.85. The van der Waals surface area contributed by atoms with Crippen LogP contribution in [0.2, 0.25) is 0 Å². The van der Waals surface area contributed by atoms with E-state index >= 15 is 0 Å². The van der Waals surface area contributed by atoms with Gasteiger partial charge in [0.1, 0.15) is 11.5 Å². The third-order valence-corrected chi connectivity index (χ3v) is 4.44. The summed E-state index contributed by atoms with van der Waals surface area (Å²) in [6, 6.07) is 3.96. The van der Waals surface area contributed by atoms with Crippen LogP contribution < -0.4 is 10.6 Å². The Morgan fingerprint density at radius 3 is 2.68 bits per heavy atom. The highest BCUT2D eigenvalue weighted by Gasteiger charge is 2.22. The van der Waals surface area contributed by atoms with Crippen LogP contribution in [-0.4, -0.2) is 30.8 Å². The van der Waals surface area contributed by atoms with Crippen molar-refractivity contribution >= 4 is 5.96 Å². The second-order valence-corrected chi connectivity index (χ2v) is 6.23. The number of aliphatic hydroxyl groups is 1. The molecule has 1 aromatic heterocycles. The van der Waals surface area contributed by atoms with Gasteiger partial charge in [0.2, 0.25) is 0 Å². The second-order valence-electron chi connectivity index (χ2n) is 6.23. The van der Waals surface area contributed by atoms with Crippen LogP contribution in [0.25, 0.3) is 0 Å². The van der Waals surface area contributed by atoms with Gasteiger partial charge in [0.05, 0.1) is 12.1 Å². The molecular weight excluding hydrogens is 278 g/mol. The molecule has 0 aliphatic heterocycles. The first-order valence-electron chi connectivity index (χ1n) is 8.31. The molecule has 22 heavy (non-hydrogen) atoms. The summed E-state index contributed by atoms with van der Waals surface area (Å²) in [5.74, 6) is 2.90. The van der Waals surface area contributed by atoms with Crippen molar-refractivity contribution in [1.29, 1.82) is 0 Å². The number of aryl methyl sites for hydroxylation is 1. The molecule has 0 saturated heterocycles. The van der Waals surface area contributed by atoms with Gasteiger partial charge in [-0.25, -0.2) is 0 Å². The Labute approximate surface area is 133 Å². The molecule has 0 amide bonds. The molecule has 3 N–H and O–H groups in total. The lowest BCUT2D eigenvalue weighted by Gasteiger charge is -2.27. The highest BCUT2D eigenvalue weighted by Crippen LogP contribution is 2.26. The van der Waals surface area contributed by atoms with Gasteiger partial charge in [0.15, 0.2) is 5.96 Å². The van der Waals surface area contributed by atoms with Crippen molar-refractivity contribution in [3.8, 4) is 0 Å². The first-order valence-corrected chi connectivity index (χ1v) is 8.31. The van der Waals surface area contributed by atoms with Crippen molar-refractivity contribution in [3.05, 3.63) is 23.7 Å². The van der Waals surface area contributed by atoms with Crippen LogP contribution in [-0.2, 0) is 0 Å². The Morgan fingerprint density at radius 1 is 1.36 bits per heavy atom. The Balaban J connectivity index is 1.79. The van der Waals surface area contributed by atoms with Gasteiger partial charge in [0, 0.05) is 13.6 Å². The van der Waals surface area contributed by atoms with Crippen molar-refractivity contribution in [1.82, 2.24) is 10.6 Å². The molecule has 1 aliphatic rings. The van der Waals surface area contributed by atoms with E-state index in [2.05, 4.69) is 15.6 Å². The van der Waals surface area contributed by atoms with Gasteiger partial charge in [-0.1, -0.05) is 19.3 Å². The van der Waals surface area contributed by atoms with Crippen LogP contribution in [0.5, 0.6) is 0 Å². The van der Waals surface area contributed by atoms with Crippen molar-refractivity contribution in [2.24, 2.45) is 10.9 Å². The summed E-state index contributed by atoms with van der Waals surface area (Å²) in [6.07, 6.45) is 5.75. The molecule has 0 bridgehead atoms. The minimum absolute atomic E-state index is 0.0340. The topological polar surface area (TPSA) is 69.8 Å². The minimum atomic E-state index is -0.306. The fraction of sp³-hybridized carbons (Fsp3) is 0.706. The molecule has 1 saturated carbocycles. The maximum absolute atomic E-state index is 10.3. The maximum atomic E-state index is 10.3. The third kappa shape index (κ3) is 4.77. The van der Waals surface area contributed by atoms with E-state index in [-0.39, 0.29) is 12.1 Å². The SMILES string of the molecule is CN=C(NCC(O)C1CCCCC1)NC(C)c1ccc(C)o1. The number of furan rings is 1. The van der Waals surface area contributed by atoms with Crippen LogP contribution in [0.1, 0.15) is 56.6 Å². The first kappa shape index (κ1) is 16.9. The molecule has 1 heterocycles. The predicted molar refractivity (Wildman–Crippen MR) is 88.9 cm³/mol. The molecule has 2 unspecified atom stereocenters. The zero-order valence-electron chi connectivity index (χ0n) is 13.9. The summed E-state index contributed by atoms with van der Waals surface area (Å²) in [5.41, 5.74) is 0. The van der Waals surface area contributed by atoms with E-state index in [4.69, 9.17) is 4.42 Å². The number of nitrogens with zero attached hydrogens (tertiary/aromatic N) is 1. The Kier molecular flexibility index (Phi) is 6.31. The summed E-state index contributed by atoms with van der Waals surface area (Å²) >= 11 is 0. The number of hydrogen-bond acceptors (Lipinski definition) is 3. The Morgan fingerprint density at radius 2 is 2.09 bits per heavy atom. The van der Waals surface area contributed by atoms with Crippen molar-refractivity contribution in [3.63, 3.8) is 0 Å². The summed E-state index contributed by atoms with van der Waals surface area (Å²) in [7, 11) is 1.74. The lowest BCUT2D eigenvalue weighted by Crippen LogP contribution is -2.44. The largest absolute Gasteiger partial charge is 0.464 e. The number of nitrogens with one attached hydrogen (secondary N) is 2. The summed E-state index contributed by atoms with van der Waals surface area (Å²) in [4.78, 5) is 4.22. The van der Waals surface area contributed by atoms with Crippen molar-refractivity contribution < 1.29 is 9.52 Å². The van der Waals surface area contributed by atoms with Gasteiger partial charge in [-0.05, 0) is 44.7 Å². The molecule has 2 rings (SSSR count). The molecule has 124 valence electrons. The molecule has 0 aromatic carbocycles. The smallest absolute Gasteiger partial charge is 0.191 e. The number of guanidine groups is 1. The van der Waals surface area contributed by atoms with Crippen LogP contribution in [0.4, 0.5) is 0 Å². The summed E-state index contributed by atoms with van der Waals surface area (Å²) in [5, 5.41) is 16.8. The van der Waals surface area contributed by atoms with Crippen LogP contribution in [0, 0.1) is 12.8 Å². The van der Waals surface area contributed by atoms with Crippen molar-refractivity contribution in [2.45, 2.75) is 58.1 Å². The molecule has 0 spiro atoms. The van der Waals surface area contributed by atoms with Crippen LogP contribution in [0.3, 0.4) is 0 Å². The summed E-state index contributed by atoms with van der Waals surface area (Å²) in [6.45, 7) is 4.50. The standard InChI is InChI=1S/C17H29N3O2/c1-12-9-10-16(22-12)13(2)20-17(18-3)19-11-15(21)14-7-5-4-6-8-14/h9-10,13-15,21H,4-8,11H2,1-3H3,(H2,18,19,20). The van der Waals surface area contributed by atoms with E-state index in [1.807, 2.05) is 26.0 Å². The van der Waals surface area contributed by atoms with Gasteiger partial charge in [-0.2, -0.15) is 0 Å². The average molecular weight is 307 g/mol. The second kappa shape index (κ2) is 8.22. The number of aliphatic hydroxyl groups excluding tert-OH is 1. The number of hydrogen-bond donors (Lipinski definition) is 3. The monoisotopic (exact) mass is 307 g/mol. The van der Waals surface area contributed by atoms with Gasteiger partial charge >= 0.3 is 0 Å². The Bertz CT molecular complexity index is 478. The first-order chi connectivity index (χ1) is 10.6. The molecule has 5 heteroatoms. The third-order valence-electron chi connectivity index (χ3n) is 4.44. The van der Waals surface area contributed by atoms with E-state index in [0.29, 0.717) is 18.4 Å². The van der Waals surface area contributed by atoms with E-state index < -0.39 is 0 Å². The molecule has 5 nitrogen and oxygen atoms in total. The fourth-order valence-electron chi connectivity index (χ4n) is 3.04. The molecule has 1 fully saturated rings. The van der Waals surface area contributed by atoms with Gasteiger partial charge in [0.25, 0.3) is 0 Å².